The molecule has 2 bridgehead atoms. The number of hydrogen-bond donors (Lipinski definition) is 2. The van der Waals surface area contributed by atoms with Crippen LogP contribution >= 0.6 is 11.6 Å². The number of carbonyl (C=O) groups is 3. The Bertz CT molecular complexity index is 1150. The predicted molar refractivity (Wildman–Crippen MR) is 142 cm³/mol. The van der Waals surface area contributed by atoms with Crippen molar-refractivity contribution in [2.45, 2.75) is 75.8 Å². The van der Waals surface area contributed by atoms with Crippen LogP contribution in [-0.4, -0.2) is 65.7 Å². The molecule has 6 rings (SSSR count). The van der Waals surface area contributed by atoms with Crippen molar-refractivity contribution in [2.24, 2.45) is 23.7 Å². The lowest BCUT2D eigenvalue weighted by molar-refractivity contribution is -0.143. The van der Waals surface area contributed by atoms with E-state index in [1.165, 1.54) is 0 Å². The van der Waals surface area contributed by atoms with Gasteiger partial charge in [-0.15, -0.1) is 0 Å². The second-order valence-corrected chi connectivity index (χ2v) is 12.1. The molecule has 38 heavy (non-hydrogen) atoms. The molecule has 9 atom stereocenters. The summed E-state index contributed by atoms with van der Waals surface area (Å²) in [6.07, 6.45) is 7.91. The Balaban J connectivity index is 1.30. The van der Waals surface area contributed by atoms with E-state index in [0.29, 0.717) is 35.7 Å². The summed E-state index contributed by atoms with van der Waals surface area (Å²) in [5.41, 5.74) is -0.621. The molecule has 9 heteroatoms. The van der Waals surface area contributed by atoms with E-state index in [4.69, 9.17) is 21.1 Å². The van der Waals surface area contributed by atoms with E-state index in [1.54, 1.807) is 29.2 Å². The van der Waals surface area contributed by atoms with Crippen LogP contribution in [0.15, 0.2) is 36.4 Å². The minimum absolute atomic E-state index is 0.0471. The Morgan fingerprint density at radius 2 is 2.00 bits per heavy atom. The number of anilines is 1. The minimum Gasteiger partial charge on any atom is -0.376 e. The minimum atomic E-state index is -1.18. The highest BCUT2D eigenvalue weighted by Crippen LogP contribution is 2.55. The first-order valence-corrected chi connectivity index (χ1v) is 14.3. The molecule has 1 aromatic rings. The van der Waals surface area contributed by atoms with Crippen LogP contribution in [0.1, 0.15) is 46.0 Å². The fourth-order valence-corrected chi connectivity index (χ4v) is 7.50. The van der Waals surface area contributed by atoms with E-state index in [-0.39, 0.29) is 29.9 Å². The maximum Gasteiger partial charge on any atom is 0.246 e. The summed E-state index contributed by atoms with van der Waals surface area (Å²) in [4.78, 5) is 43.3. The van der Waals surface area contributed by atoms with Gasteiger partial charge in [-0.1, -0.05) is 56.5 Å². The SMILES string of the molecule is C[C@H]1[C@H](C)CCC[C@@H]1NC(=O)[C@@H]1N(C[C@@H]2CCCO2)C(=O)[C@H]2[C@H](C(=O)Nc3cccc(Cl)c3)[C@H]3C=C[C@@]12O3. The number of rotatable bonds is 6. The topological polar surface area (TPSA) is 97.0 Å². The van der Waals surface area contributed by atoms with E-state index >= 15 is 0 Å². The van der Waals surface area contributed by atoms with E-state index in [0.717, 1.165) is 32.1 Å². The Labute approximate surface area is 228 Å². The number of nitrogens with zero attached hydrogens (tertiary/aromatic N) is 1. The highest BCUT2D eigenvalue weighted by molar-refractivity contribution is 6.30. The molecule has 204 valence electrons. The molecular weight excluding hydrogens is 506 g/mol. The molecule has 5 aliphatic rings. The van der Waals surface area contributed by atoms with Crippen molar-refractivity contribution in [3.05, 3.63) is 41.4 Å². The maximum absolute atomic E-state index is 14.1. The molecule has 4 heterocycles. The summed E-state index contributed by atoms with van der Waals surface area (Å²) >= 11 is 6.11. The first-order chi connectivity index (χ1) is 18.3. The van der Waals surface area contributed by atoms with Crippen LogP contribution in [0, 0.1) is 23.7 Å². The molecule has 1 saturated carbocycles. The van der Waals surface area contributed by atoms with Gasteiger partial charge in [0.05, 0.1) is 24.0 Å². The zero-order chi connectivity index (χ0) is 26.6. The number of carbonyl (C=O) groups excluding carboxylic acids is 3. The monoisotopic (exact) mass is 541 g/mol. The van der Waals surface area contributed by atoms with Crippen LogP contribution < -0.4 is 10.6 Å². The van der Waals surface area contributed by atoms with Gasteiger partial charge in [0.2, 0.25) is 17.7 Å². The molecule has 1 aliphatic carbocycles. The number of hydrogen-bond acceptors (Lipinski definition) is 5. The second kappa shape index (κ2) is 9.96. The average molecular weight is 542 g/mol. The van der Waals surface area contributed by atoms with Gasteiger partial charge in [0.15, 0.2) is 0 Å². The third kappa shape index (κ3) is 4.25. The molecule has 4 aliphatic heterocycles. The van der Waals surface area contributed by atoms with Gasteiger partial charge in [-0.3, -0.25) is 14.4 Å². The third-order valence-electron chi connectivity index (χ3n) is 9.48. The summed E-state index contributed by atoms with van der Waals surface area (Å²) < 4.78 is 12.3. The molecule has 4 fully saturated rings. The number of halogens is 1. The third-order valence-corrected chi connectivity index (χ3v) is 9.71. The molecule has 1 aromatic carbocycles. The van der Waals surface area contributed by atoms with Crippen LogP contribution in [0.2, 0.25) is 5.02 Å². The summed E-state index contributed by atoms with van der Waals surface area (Å²) in [5.74, 6) is -1.39. The zero-order valence-electron chi connectivity index (χ0n) is 21.9. The van der Waals surface area contributed by atoms with Crippen molar-refractivity contribution < 1.29 is 23.9 Å². The summed E-state index contributed by atoms with van der Waals surface area (Å²) in [6, 6.07) is 6.11. The lowest BCUT2D eigenvalue weighted by Gasteiger charge is -2.38. The number of likely N-dealkylation sites (tertiary alicyclic amines) is 1. The van der Waals surface area contributed by atoms with Crippen molar-refractivity contribution in [1.82, 2.24) is 10.2 Å². The highest BCUT2D eigenvalue weighted by Gasteiger charge is 2.73. The molecular formula is C29H36ClN3O5. The fraction of sp³-hybridized carbons (Fsp3) is 0.621. The summed E-state index contributed by atoms with van der Waals surface area (Å²) in [5, 5.41) is 6.71. The molecule has 0 radical (unpaired) electrons. The van der Waals surface area contributed by atoms with Gasteiger partial charge >= 0.3 is 0 Å². The first kappa shape index (κ1) is 25.8. The van der Waals surface area contributed by atoms with Crippen LogP contribution in [0.25, 0.3) is 0 Å². The predicted octanol–water partition coefficient (Wildman–Crippen LogP) is 3.55. The van der Waals surface area contributed by atoms with Crippen molar-refractivity contribution in [3.8, 4) is 0 Å². The fourth-order valence-electron chi connectivity index (χ4n) is 7.31. The Hall–Kier alpha value is -2.42. The highest BCUT2D eigenvalue weighted by atomic mass is 35.5. The standard InChI is InChI=1S/C29H36ClN3O5/c1-16-6-3-10-21(17(16)2)32-27(35)25-29-12-11-22(38-29)23(26(34)31-19-8-4-7-18(30)14-19)24(29)28(36)33(25)15-20-9-5-13-37-20/h4,7-8,11-12,14,16-17,20-25H,3,5-6,9-10,13,15H2,1-2H3,(H,31,34)(H,32,35)/t16-,17+,20+,21+,22-,23-,24-,25+,29+/m1/s1. The average Bonchev–Trinajstić information content (AvgIpc) is 3.65. The van der Waals surface area contributed by atoms with Crippen molar-refractivity contribution in [1.29, 1.82) is 0 Å². The van der Waals surface area contributed by atoms with Gasteiger partial charge in [-0.25, -0.2) is 0 Å². The number of benzene rings is 1. The number of ether oxygens (including phenoxy) is 2. The van der Waals surface area contributed by atoms with E-state index in [1.807, 2.05) is 12.2 Å². The Morgan fingerprint density at radius 1 is 1.16 bits per heavy atom. The van der Waals surface area contributed by atoms with Crippen molar-refractivity contribution >= 4 is 35.0 Å². The summed E-state index contributed by atoms with van der Waals surface area (Å²) in [6.45, 7) is 5.39. The molecule has 2 N–H and O–H groups in total. The molecule has 3 amide bonds. The quantitative estimate of drug-likeness (QED) is 0.537. The van der Waals surface area contributed by atoms with E-state index in [9.17, 15) is 14.4 Å². The zero-order valence-corrected chi connectivity index (χ0v) is 22.7. The lowest BCUT2D eigenvalue weighted by atomic mass is 9.73. The van der Waals surface area contributed by atoms with Crippen LogP contribution in [0.4, 0.5) is 5.69 Å². The lowest BCUT2D eigenvalue weighted by Crippen LogP contribution is -2.58. The van der Waals surface area contributed by atoms with Gasteiger partial charge in [0, 0.05) is 29.9 Å². The van der Waals surface area contributed by atoms with Crippen molar-refractivity contribution in [3.63, 3.8) is 0 Å². The molecule has 8 nitrogen and oxygen atoms in total. The van der Waals surface area contributed by atoms with Crippen LogP contribution in [0.3, 0.4) is 0 Å². The van der Waals surface area contributed by atoms with Crippen LogP contribution in [-0.2, 0) is 23.9 Å². The molecule has 1 spiro atoms. The number of fused-ring (bicyclic) bond motifs is 1. The van der Waals surface area contributed by atoms with Crippen molar-refractivity contribution in [2.75, 3.05) is 18.5 Å². The normalized spacial score (nSPS) is 39.4. The van der Waals surface area contributed by atoms with Gasteiger partial charge in [-0.05, 0) is 49.3 Å². The Morgan fingerprint density at radius 3 is 2.76 bits per heavy atom. The molecule has 0 unspecified atom stereocenters. The van der Waals surface area contributed by atoms with Gasteiger partial charge in [0.25, 0.3) is 0 Å². The van der Waals surface area contributed by atoms with Crippen LogP contribution in [0.5, 0.6) is 0 Å². The van der Waals surface area contributed by atoms with Gasteiger partial charge < -0.3 is 25.0 Å². The van der Waals surface area contributed by atoms with Gasteiger partial charge in [0.1, 0.15) is 11.6 Å². The number of amides is 3. The Kier molecular flexibility index (Phi) is 6.77. The smallest absolute Gasteiger partial charge is 0.246 e. The second-order valence-electron chi connectivity index (χ2n) is 11.7. The largest absolute Gasteiger partial charge is 0.376 e. The number of nitrogens with one attached hydrogen (secondary N) is 2. The molecule has 0 aromatic heterocycles. The molecule has 3 saturated heterocycles. The summed E-state index contributed by atoms with van der Waals surface area (Å²) in [7, 11) is 0. The van der Waals surface area contributed by atoms with E-state index in [2.05, 4.69) is 24.5 Å². The first-order valence-electron chi connectivity index (χ1n) is 13.9. The van der Waals surface area contributed by atoms with Gasteiger partial charge in [-0.2, -0.15) is 0 Å². The van der Waals surface area contributed by atoms with E-state index < -0.39 is 29.6 Å². The maximum atomic E-state index is 14.1.